The van der Waals surface area contributed by atoms with Crippen LogP contribution < -0.4 is 5.73 Å². The maximum atomic E-state index is 13.1. The third-order valence-corrected chi connectivity index (χ3v) is 8.19. The first kappa shape index (κ1) is 20.9. The lowest BCUT2D eigenvalue weighted by molar-refractivity contribution is -0.154. The summed E-state index contributed by atoms with van der Waals surface area (Å²) in [6.45, 7) is 4.19. The molecule has 0 aromatic carbocycles. The molecule has 0 saturated heterocycles. The number of amides is 1. The molecule has 3 aliphatic rings. The van der Waals surface area contributed by atoms with Gasteiger partial charge in [0.1, 0.15) is 0 Å². The quantitative estimate of drug-likeness (QED) is 0.727. The Balaban J connectivity index is 1.94. The van der Waals surface area contributed by atoms with Gasteiger partial charge >= 0.3 is 5.97 Å². The number of primary amides is 1. The predicted octanol–water partition coefficient (Wildman–Crippen LogP) is 2.99. The van der Waals surface area contributed by atoms with E-state index < -0.39 is 5.41 Å². The fourth-order valence-corrected chi connectivity index (χ4v) is 6.54. The molecule has 0 aliphatic heterocycles. The van der Waals surface area contributed by atoms with E-state index in [0.29, 0.717) is 0 Å². The summed E-state index contributed by atoms with van der Waals surface area (Å²) in [6.07, 6.45) is 6.66. The fourth-order valence-electron chi connectivity index (χ4n) is 6.54. The number of ketones is 1. The number of esters is 1. The molecule has 3 aliphatic carbocycles. The molecular weight excluding hydrogens is 358 g/mol. The molecule has 2 saturated carbocycles. The van der Waals surface area contributed by atoms with Crippen molar-refractivity contribution in [1.29, 1.82) is 0 Å². The Kier molecular flexibility index (Phi) is 5.61. The lowest BCUT2D eigenvalue weighted by atomic mass is 9.50. The average Bonchev–Trinajstić information content (AvgIpc) is 3.00. The number of carbonyl (C=O) groups is 3. The van der Waals surface area contributed by atoms with Crippen molar-refractivity contribution in [3.05, 3.63) is 11.8 Å². The van der Waals surface area contributed by atoms with Crippen molar-refractivity contribution in [2.24, 2.45) is 40.2 Å². The number of fused-ring (bicyclic) bond motifs is 1. The van der Waals surface area contributed by atoms with Gasteiger partial charge in [-0.1, -0.05) is 13.8 Å². The molecular formula is C22H33NO5. The summed E-state index contributed by atoms with van der Waals surface area (Å²) in [5.41, 5.74) is 4.91. The van der Waals surface area contributed by atoms with E-state index in [2.05, 4.69) is 6.92 Å². The van der Waals surface area contributed by atoms with E-state index in [1.54, 1.807) is 13.2 Å². The highest BCUT2D eigenvalue weighted by Crippen LogP contribution is 2.63. The topological polar surface area (TPSA) is 95.7 Å². The van der Waals surface area contributed by atoms with Crippen LogP contribution in [0, 0.1) is 34.5 Å². The first-order chi connectivity index (χ1) is 13.2. The van der Waals surface area contributed by atoms with Gasteiger partial charge in [-0.05, 0) is 55.3 Å². The highest BCUT2D eigenvalue weighted by atomic mass is 16.5. The molecule has 0 unspecified atom stereocenters. The molecule has 3 rings (SSSR count). The molecule has 0 aromatic rings. The molecule has 0 radical (unpaired) electrons. The Labute approximate surface area is 167 Å². The number of rotatable bonds is 5. The Bertz CT molecular complexity index is 701. The van der Waals surface area contributed by atoms with E-state index in [0.717, 1.165) is 44.3 Å². The molecule has 6 heteroatoms. The SMILES string of the molecule is COC(=O)[C@H]1CC[C@H]2[C@H](CC(N)=O)[C@@H]([C@@]3(C)CCC(OC)=CC3=O)CC[C@]12C. The monoisotopic (exact) mass is 391 g/mol. The van der Waals surface area contributed by atoms with Crippen LogP contribution in [0.1, 0.15) is 58.8 Å². The van der Waals surface area contributed by atoms with Crippen LogP contribution in [0.15, 0.2) is 11.8 Å². The van der Waals surface area contributed by atoms with Gasteiger partial charge in [0, 0.05) is 24.3 Å². The second-order valence-electron chi connectivity index (χ2n) is 9.34. The van der Waals surface area contributed by atoms with E-state index in [9.17, 15) is 14.4 Å². The van der Waals surface area contributed by atoms with Crippen LogP contribution in [0.4, 0.5) is 0 Å². The van der Waals surface area contributed by atoms with Crippen LogP contribution in [0.5, 0.6) is 0 Å². The van der Waals surface area contributed by atoms with Crippen molar-refractivity contribution in [2.45, 2.75) is 58.8 Å². The van der Waals surface area contributed by atoms with Crippen LogP contribution in [0.25, 0.3) is 0 Å². The number of hydrogen-bond acceptors (Lipinski definition) is 5. The van der Waals surface area contributed by atoms with Crippen molar-refractivity contribution < 1.29 is 23.9 Å². The molecule has 0 spiro atoms. The number of hydrogen-bond donors (Lipinski definition) is 1. The van der Waals surface area contributed by atoms with Crippen LogP contribution in [-0.4, -0.2) is 31.9 Å². The Morgan fingerprint density at radius 2 is 1.86 bits per heavy atom. The molecule has 6 nitrogen and oxygen atoms in total. The van der Waals surface area contributed by atoms with Crippen LogP contribution >= 0.6 is 0 Å². The average molecular weight is 392 g/mol. The standard InChI is InChI=1S/C22H33NO5/c1-21-10-8-16(22(2)9-7-13(27-3)11-18(22)24)14(12-19(23)25)15(21)5-6-17(21)20(26)28-4/h11,14-17H,5-10,12H2,1-4H3,(H2,23,25)/t14-,15-,16-,17+,21-,22+/m0/s1. The number of carbonyl (C=O) groups excluding carboxylic acids is 3. The molecule has 6 atom stereocenters. The third kappa shape index (κ3) is 3.25. The number of allylic oxidation sites excluding steroid dienone is 2. The minimum absolute atomic E-state index is 0.0114. The van der Waals surface area contributed by atoms with Crippen LogP contribution in [0.3, 0.4) is 0 Å². The lowest BCUT2D eigenvalue weighted by Gasteiger charge is -2.53. The second kappa shape index (κ2) is 7.53. The summed E-state index contributed by atoms with van der Waals surface area (Å²) >= 11 is 0. The van der Waals surface area contributed by atoms with Crippen molar-refractivity contribution in [3.8, 4) is 0 Å². The summed E-state index contributed by atoms with van der Waals surface area (Å²) in [7, 11) is 3.03. The summed E-state index contributed by atoms with van der Waals surface area (Å²) < 4.78 is 10.3. The summed E-state index contributed by atoms with van der Waals surface area (Å²) in [6, 6.07) is 0. The van der Waals surface area contributed by atoms with Gasteiger partial charge < -0.3 is 15.2 Å². The first-order valence-corrected chi connectivity index (χ1v) is 10.3. The number of methoxy groups -OCH3 is 2. The van der Waals surface area contributed by atoms with Crippen LogP contribution in [-0.2, 0) is 23.9 Å². The minimum Gasteiger partial charge on any atom is -0.501 e. The Morgan fingerprint density at radius 3 is 2.43 bits per heavy atom. The Morgan fingerprint density at radius 1 is 1.14 bits per heavy atom. The maximum Gasteiger partial charge on any atom is 0.309 e. The van der Waals surface area contributed by atoms with Crippen molar-refractivity contribution in [1.82, 2.24) is 0 Å². The highest BCUT2D eigenvalue weighted by Gasteiger charge is 2.60. The smallest absolute Gasteiger partial charge is 0.309 e. The summed E-state index contributed by atoms with van der Waals surface area (Å²) in [4.78, 5) is 37.4. The minimum atomic E-state index is -0.521. The summed E-state index contributed by atoms with van der Waals surface area (Å²) in [5, 5.41) is 0. The van der Waals surface area contributed by atoms with Crippen molar-refractivity contribution in [2.75, 3.05) is 14.2 Å². The number of ether oxygens (including phenoxy) is 2. The van der Waals surface area contributed by atoms with Gasteiger partial charge in [-0.25, -0.2) is 0 Å². The molecule has 2 fully saturated rings. The zero-order chi connectivity index (χ0) is 20.7. The van der Waals surface area contributed by atoms with Gasteiger partial charge in [-0.15, -0.1) is 0 Å². The van der Waals surface area contributed by atoms with E-state index in [1.165, 1.54) is 7.11 Å². The summed E-state index contributed by atoms with van der Waals surface area (Å²) in [5.74, 6) is 0.458. The van der Waals surface area contributed by atoms with E-state index in [1.807, 2.05) is 6.92 Å². The molecule has 1 amide bonds. The van der Waals surface area contributed by atoms with Gasteiger partial charge in [0.2, 0.25) is 5.91 Å². The second-order valence-corrected chi connectivity index (χ2v) is 9.34. The highest BCUT2D eigenvalue weighted by molar-refractivity contribution is 5.96. The number of nitrogens with two attached hydrogens (primary N) is 1. The first-order valence-electron chi connectivity index (χ1n) is 10.3. The molecule has 156 valence electrons. The van der Waals surface area contributed by atoms with Crippen molar-refractivity contribution >= 4 is 17.7 Å². The van der Waals surface area contributed by atoms with E-state index in [4.69, 9.17) is 15.2 Å². The lowest BCUT2D eigenvalue weighted by Crippen LogP contribution is -2.51. The van der Waals surface area contributed by atoms with Crippen molar-refractivity contribution in [3.63, 3.8) is 0 Å². The predicted molar refractivity (Wildman–Crippen MR) is 104 cm³/mol. The maximum absolute atomic E-state index is 13.1. The van der Waals surface area contributed by atoms with E-state index >= 15 is 0 Å². The largest absolute Gasteiger partial charge is 0.501 e. The van der Waals surface area contributed by atoms with E-state index in [-0.39, 0.29) is 53.2 Å². The molecule has 0 heterocycles. The van der Waals surface area contributed by atoms with Gasteiger partial charge in [0.25, 0.3) is 0 Å². The van der Waals surface area contributed by atoms with Gasteiger partial charge in [-0.3, -0.25) is 14.4 Å². The van der Waals surface area contributed by atoms with Gasteiger partial charge in [-0.2, -0.15) is 0 Å². The van der Waals surface area contributed by atoms with Gasteiger partial charge in [0.05, 0.1) is 25.9 Å². The zero-order valence-electron chi connectivity index (χ0n) is 17.5. The molecule has 28 heavy (non-hydrogen) atoms. The molecule has 2 N–H and O–H groups in total. The zero-order valence-corrected chi connectivity index (χ0v) is 17.5. The van der Waals surface area contributed by atoms with Crippen LogP contribution in [0.2, 0.25) is 0 Å². The fraction of sp³-hybridized carbons (Fsp3) is 0.773. The third-order valence-electron chi connectivity index (χ3n) is 8.19. The molecule has 0 aromatic heterocycles. The Hall–Kier alpha value is -1.85. The molecule has 0 bridgehead atoms. The van der Waals surface area contributed by atoms with Gasteiger partial charge in [0.15, 0.2) is 5.78 Å². The normalized spacial score (nSPS) is 40.4.